The van der Waals surface area contributed by atoms with Gasteiger partial charge in [-0.05, 0) is 73.2 Å². The van der Waals surface area contributed by atoms with Crippen molar-refractivity contribution in [2.75, 3.05) is 11.9 Å². The highest BCUT2D eigenvalue weighted by molar-refractivity contribution is 8.15. The van der Waals surface area contributed by atoms with Gasteiger partial charge in [0.15, 0.2) is 5.17 Å². The van der Waals surface area contributed by atoms with E-state index in [9.17, 15) is 9.59 Å². The Bertz CT molecular complexity index is 1460. The van der Waals surface area contributed by atoms with Crippen molar-refractivity contribution >= 4 is 40.1 Å². The number of amides is 2. The summed E-state index contributed by atoms with van der Waals surface area (Å²) in [5, 5.41) is 2.89. The fourth-order valence-corrected chi connectivity index (χ4v) is 5.30. The minimum atomic E-state index is -0.578. The number of carbonyl (C=O) groups excluding carboxylic acids is 2. The molecule has 1 heterocycles. The first-order chi connectivity index (χ1) is 19.6. The van der Waals surface area contributed by atoms with Crippen LogP contribution in [0.15, 0.2) is 114 Å². The highest BCUT2D eigenvalue weighted by atomic mass is 32.2. The Hall–Kier alpha value is -4.56. The van der Waals surface area contributed by atoms with Crippen molar-refractivity contribution in [3.8, 4) is 17.2 Å². The highest BCUT2D eigenvalue weighted by Crippen LogP contribution is 2.33. The van der Waals surface area contributed by atoms with E-state index in [1.165, 1.54) is 11.8 Å². The first kappa shape index (κ1) is 27.0. The number of benzene rings is 4. The zero-order valence-corrected chi connectivity index (χ0v) is 22.8. The summed E-state index contributed by atoms with van der Waals surface area (Å²) in [5.41, 5.74) is 2.32. The summed E-state index contributed by atoms with van der Waals surface area (Å²) in [4.78, 5) is 32.8. The molecule has 40 heavy (non-hydrogen) atoms. The molecule has 1 aliphatic rings. The third-order valence-corrected chi connectivity index (χ3v) is 7.24. The standard InChI is InChI=1S/C32H29N3O4S/c1-2-38-26-17-13-25(14-18-26)34-32-35(22-23-9-5-3-6-10-23)31(37)29(40-32)21-30(36)33-24-15-19-28(20-16-24)39-27-11-7-4-8-12-27/h3-20,29H,2,21-22H2,1H3,(H,33,36)/t29-/m1/s1. The minimum Gasteiger partial charge on any atom is -0.494 e. The second kappa shape index (κ2) is 13.0. The second-order valence-corrected chi connectivity index (χ2v) is 10.2. The monoisotopic (exact) mass is 551 g/mol. The van der Waals surface area contributed by atoms with Crippen molar-refractivity contribution in [1.82, 2.24) is 4.90 Å². The molecule has 4 aromatic rings. The van der Waals surface area contributed by atoms with Crippen LogP contribution in [0.2, 0.25) is 0 Å². The van der Waals surface area contributed by atoms with Crippen LogP contribution in [-0.4, -0.2) is 33.7 Å². The van der Waals surface area contributed by atoms with Crippen LogP contribution in [0.25, 0.3) is 0 Å². The molecule has 1 fully saturated rings. The van der Waals surface area contributed by atoms with E-state index in [0.717, 1.165) is 17.1 Å². The fourth-order valence-electron chi connectivity index (χ4n) is 4.14. The van der Waals surface area contributed by atoms with Gasteiger partial charge in [0.2, 0.25) is 11.8 Å². The molecular weight excluding hydrogens is 522 g/mol. The van der Waals surface area contributed by atoms with Gasteiger partial charge in [-0.2, -0.15) is 0 Å². The lowest BCUT2D eigenvalue weighted by atomic mass is 10.2. The number of para-hydroxylation sites is 1. The molecule has 0 saturated carbocycles. The van der Waals surface area contributed by atoms with Crippen LogP contribution >= 0.6 is 11.8 Å². The number of anilines is 1. The van der Waals surface area contributed by atoms with E-state index in [-0.39, 0.29) is 18.2 Å². The number of hydrogen-bond acceptors (Lipinski definition) is 6. The predicted molar refractivity (Wildman–Crippen MR) is 159 cm³/mol. The molecule has 0 spiro atoms. The van der Waals surface area contributed by atoms with Crippen molar-refractivity contribution in [3.05, 3.63) is 115 Å². The van der Waals surface area contributed by atoms with Crippen LogP contribution < -0.4 is 14.8 Å². The van der Waals surface area contributed by atoms with Gasteiger partial charge < -0.3 is 14.8 Å². The molecule has 4 aromatic carbocycles. The van der Waals surface area contributed by atoms with Crippen LogP contribution in [0.4, 0.5) is 11.4 Å². The highest BCUT2D eigenvalue weighted by Gasteiger charge is 2.39. The van der Waals surface area contributed by atoms with Gasteiger partial charge in [-0.1, -0.05) is 60.3 Å². The van der Waals surface area contributed by atoms with Crippen molar-refractivity contribution in [1.29, 1.82) is 0 Å². The quantitative estimate of drug-likeness (QED) is 0.229. The molecule has 0 aromatic heterocycles. The summed E-state index contributed by atoms with van der Waals surface area (Å²) in [7, 11) is 0. The molecule has 0 radical (unpaired) electrons. The lowest BCUT2D eigenvalue weighted by molar-refractivity contribution is -0.128. The lowest BCUT2D eigenvalue weighted by Crippen LogP contribution is -2.33. The van der Waals surface area contributed by atoms with E-state index >= 15 is 0 Å². The van der Waals surface area contributed by atoms with Gasteiger partial charge in [0.1, 0.15) is 22.5 Å². The third-order valence-electron chi connectivity index (χ3n) is 6.06. The zero-order valence-electron chi connectivity index (χ0n) is 22.0. The van der Waals surface area contributed by atoms with E-state index < -0.39 is 5.25 Å². The van der Waals surface area contributed by atoms with E-state index in [1.54, 1.807) is 29.2 Å². The van der Waals surface area contributed by atoms with Crippen LogP contribution in [0.1, 0.15) is 18.9 Å². The lowest BCUT2D eigenvalue weighted by Gasteiger charge is -2.16. The van der Waals surface area contributed by atoms with Crippen LogP contribution in [0, 0.1) is 0 Å². The second-order valence-electron chi connectivity index (χ2n) is 9.03. The Morgan fingerprint density at radius 1 is 0.850 bits per heavy atom. The summed E-state index contributed by atoms with van der Waals surface area (Å²) in [6.07, 6.45) is 0.0271. The van der Waals surface area contributed by atoms with Crippen molar-refractivity contribution < 1.29 is 19.1 Å². The number of ether oxygens (including phenoxy) is 2. The minimum absolute atomic E-state index is 0.0271. The summed E-state index contributed by atoms with van der Waals surface area (Å²) in [5.74, 6) is 1.78. The summed E-state index contributed by atoms with van der Waals surface area (Å²) in [6, 6.07) is 33.8. The number of aliphatic imine (C=N–C) groups is 1. The first-order valence-electron chi connectivity index (χ1n) is 13.0. The number of nitrogens with zero attached hydrogens (tertiary/aromatic N) is 2. The molecule has 0 unspecified atom stereocenters. The number of hydrogen-bond donors (Lipinski definition) is 1. The van der Waals surface area contributed by atoms with Gasteiger partial charge in [0.05, 0.1) is 18.8 Å². The molecule has 8 heteroatoms. The maximum atomic E-state index is 13.5. The number of nitrogens with one attached hydrogen (secondary N) is 1. The zero-order chi connectivity index (χ0) is 27.7. The summed E-state index contributed by atoms with van der Waals surface area (Å²) >= 11 is 1.31. The SMILES string of the molecule is CCOc1ccc(N=C2S[C@H](CC(=O)Nc3ccc(Oc4ccccc4)cc3)C(=O)N2Cc2ccccc2)cc1. The normalized spacial score (nSPS) is 15.7. The van der Waals surface area contributed by atoms with Crippen molar-refractivity contribution in [2.45, 2.75) is 25.1 Å². The molecule has 202 valence electrons. The van der Waals surface area contributed by atoms with Crippen molar-refractivity contribution in [3.63, 3.8) is 0 Å². The van der Waals surface area contributed by atoms with E-state index in [4.69, 9.17) is 14.5 Å². The Kier molecular flexibility index (Phi) is 8.78. The number of rotatable bonds is 10. The first-order valence-corrected chi connectivity index (χ1v) is 13.9. The van der Waals surface area contributed by atoms with Gasteiger partial charge in [0.25, 0.3) is 0 Å². The Balaban J connectivity index is 1.26. The molecule has 2 amide bonds. The smallest absolute Gasteiger partial charge is 0.242 e. The van der Waals surface area contributed by atoms with E-state index in [2.05, 4.69) is 5.32 Å². The molecule has 1 saturated heterocycles. The number of amidine groups is 1. The summed E-state index contributed by atoms with van der Waals surface area (Å²) in [6.45, 7) is 2.89. The number of thioether (sulfide) groups is 1. The molecule has 7 nitrogen and oxygen atoms in total. The topological polar surface area (TPSA) is 80.2 Å². The molecule has 1 N–H and O–H groups in total. The largest absolute Gasteiger partial charge is 0.494 e. The van der Waals surface area contributed by atoms with Crippen LogP contribution in [-0.2, 0) is 16.1 Å². The van der Waals surface area contributed by atoms with Crippen molar-refractivity contribution in [2.24, 2.45) is 4.99 Å². The molecule has 1 aliphatic heterocycles. The van der Waals surface area contributed by atoms with E-state index in [0.29, 0.717) is 35.4 Å². The average molecular weight is 552 g/mol. The van der Waals surface area contributed by atoms with Gasteiger partial charge >= 0.3 is 0 Å². The maximum absolute atomic E-state index is 13.5. The molecule has 5 rings (SSSR count). The predicted octanol–water partition coefficient (Wildman–Crippen LogP) is 7.04. The number of carbonyl (C=O) groups is 2. The van der Waals surface area contributed by atoms with Gasteiger partial charge in [-0.15, -0.1) is 0 Å². The third kappa shape index (κ3) is 7.09. The molecule has 1 atom stereocenters. The van der Waals surface area contributed by atoms with Gasteiger partial charge in [-0.25, -0.2) is 4.99 Å². The maximum Gasteiger partial charge on any atom is 0.242 e. The molecule has 0 bridgehead atoms. The molecular formula is C32H29N3O4S. The fraction of sp³-hybridized carbons (Fsp3) is 0.156. The Morgan fingerprint density at radius 3 is 2.15 bits per heavy atom. The van der Waals surface area contributed by atoms with Crippen LogP contribution in [0.5, 0.6) is 17.2 Å². The summed E-state index contributed by atoms with van der Waals surface area (Å²) < 4.78 is 11.3. The van der Waals surface area contributed by atoms with Gasteiger partial charge in [-0.3, -0.25) is 14.5 Å². The Morgan fingerprint density at radius 2 is 1.48 bits per heavy atom. The average Bonchev–Trinajstić information content (AvgIpc) is 3.25. The van der Waals surface area contributed by atoms with Crippen LogP contribution in [0.3, 0.4) is 0 Å². The van der Waals surface area contributed by atoms with E-state index in [1.807, 2.05) is 91.9 Å². The Labute approximate surface area is 237 Å². The molecule has 0 aliphatic carbocycles. The van der Waals surface area contributed by atoms with Gasteiger partial charge in [0, 0.05) is 12.1 Å².